The molecule has 0 saturated heterocycles. The third-order valence-corrected chi connectivity index (χ3v) is 7.64. The Labute approximate surface area is 190 Å². The molecule has 0 saturated carbocycles. The maximum absolute atomic E-state index is 14.7. The van der Waals surface area contributed by atoms with Crippen LogP contribution in [0.3, 0.4) is 0 Å². The van der Waals surface area contributed by atoms with Crippen LogP contribution in [-0.2, 0) is 12.8 Å². The van der Waals surface area contributed by atoms with Gasteiger partial charge in [-0.25, -0.2) is 9.18 Å². The van der Waals surface area contributed by atoms with Gasteiger partial charge in [0.2, 0.25) is 0 Å². The first kappa shape index (κ1) is 21.7. The van der Waals surface area contributed by atoms with E-state index in [1.54, 1.807) is 41.7 Å². The number of para-hydroxylation sites is 1. The number of rotatable bonds is 8. The SMILES string of the molecule is CCCCCc1cc2sc(C(=O)Oc3ccccc3-c3ccc(CC)cc3F)cc2s1. The Balaban J connectivity index is 1.54. The molecule has 5 heteroatoms. The molecule has 0 bridgehead atoms. The molecule has 0 aliphatic carbocycles. The van der Waals surface area contributed by atoms with E-state index >= 15 is 0 Å². The van der Waals surface area contributed by atoms with Crippen LogP contribution in [0.1, 0.15) is 53.2 Å². The quantitative estimate of drug-likeness (QED) is 0.153. The van der Waals surface area contributed by atoms with Gasteiger partial charge in [-0.1, -0.05) is 57.0 Å². The fourth-order valence-electron chi connectivity index (χ4n) is 3.58. The molecule has 0 unspecified atom stereocenters. The number of carbonyl (C=O) groups excluding carboxylic acids is 1. The lowest BCUT2D eigenvalue weighted by molar-refractivity contribution is 0.0740. The van der Waals surface area contributed by atoms with Gasteiger partial charge >= 0.3 is 5.97 Å². The average molecular weight is 453 g/mol. The smallest absolute Gasteiger partial charge is 0.353 e. The van der Waals surface area contributed by atoms with Crippen molar-refractivity contribution in [2.45, 2.75) is 46.0 Å². The highest BCUT2D eigenvalue weighted by atomic mass is 32.1. The minimum atomic E-state index is -0.404. The monoisotopic (exact) mass is 452 g/mol. The predicted molar refractivity (Wildman–Crippen MR) is 129 cm³/mol. The van der Waals surface area contributed by atoms with E-state index in [0.29, 0.717) is 21.8 Å². The Morgan fingerprint density at radius 3 is 2.48 bits per heavy atom. The molecule has 4 rings (SSSR count). The van der Waals surface area contributed by atoms with Crippen molar-refractivity contribution >= 4 is 38.0 Å². The summed E-state index contributed by atoms with van der Waals surface area (Å²) < 4.78 is 22.6. The number of ether oxygens (including phenoxy) is 1. The summed E-state index contributed by atoms with van der Waals surface area (Å²) in [5.74, 6) is -0.346. The number of halogens is 1. The number of carbonyl (C=O) groups is 1. The lowest BCUT2D eigenvalue weighted by Gasteiger charge is -2.11. The van der Waals surface area contributed by atoms with Gasteiger partial charge in [-0.05, 0) is 49.1 Å². The van der Waals surface area contributed by atoms with Gasteiger partial charge in [0.05, 0.1) is 0 Å². The number of thiophene rings is 2. The van der Waals surface area contributed by atoms with Crippen molar-refractivity contribution in [2.75, 3.05) is 0 Å². The number of aryl methyl sites for hydroxylation is 2. The normalized spacial score (nSPS) is 11.2. The summed E-state index contributed by atoms with van der Waals surface area (Å²) in [5.41, 5.74) is 1.94. The molecule has 0 aliphatic heterocycles. The number of hydrogen-bond donors (Lipinski definition) is 0. The zero-order valence-corrected chi connectivity index (χ0v) is 19.4. The molecule has 31 heavy (non-hydrogen) atoms. The number of unbranched alkanes of at least 4 members (excludes halogenated alkanes) is 2. The van der Waals surface area contributed by atoms with E-state index in [0.717, 1.165) is 27.8 Å². The highest BCUT2D eigenvalue weighted by Crippen LogP contribution is 2.36. The third kappa shape index (κ3) is 4.89. The molecule has 0 fully saturated rings. The second kappa shape index (κ2) is 9.75. The van der Waals surface area contributed by atoms with E-state index in [1.165, 1.54) is 35.5 Å². The minimum Gasteiger partial charge on any atom is -0.422 e. The Morgan fingerprint density at radius 2 is 1.74 bits per heavy atom. The lowest BCUT2D eigenvalue weighted by atomic mass is 10.0. The Morgan fingerprint density at radius 1 is 0.935 bits per heavy atom. The molecule has 0 N–H and O–H groups in total. The highest BCUT2D eigenvalue weighted by molar-refractivity contribution is 7.28. The van der Waals surface area contributed by atoms with Gasteiger partial charge in [-0.3, -0.25) is 0 Å². The van der Waals surface area contributed by atoms with E-state index < -0.39 is 5.97 Å². The molecule has 0 spiro atoms. The predicted octanol–water partition coefficient (Wildman–Crippen LogP) is 8.28. The van der Waals surface area contributed by atoms with Crippen molar-refractivity contribution in [1.29, 1.82) is 0 Å². The van der Waals surface area contributed by atoms with Gasteiger partial charge in [0, 0.05) is 25.4 Å². The largest absolute Gasteiger partial charge is 0.422 e. The first-order valence-corrected chi connectivity index (χ1v) is 12.3. The fourth-order valence-corrected chi connectivity index (χ4v) is 5.92. The molecule has 160 valence electrons. The molecule has 2 aromatic heterocycles. The molecule has 2 nitrogen and oxygen atoms in total. The molecular formula is C26H25FO2S2. The van der Waals surface area contributed by atoms with Crippen LogP contribution in [0.5, 0.6) is 5.75 Å². The second-order valence-corrected chi connectivity index (χ2v) is 9.81. The van der Waals surface area contributed by atoms with Gasteiger partial charge in [-0.15, -0.1) is 22.7 Å². The van der Waals surface area contributed by atoms with Crippen molar-refractivity contribution in [2.24, 2.45) is 0 Å². The van der Waals surface area contributed by atoms with Gasteiger partial charge < -0.3 is 4.74 Å². The molecule has 0 amide bonds. The number of benzene rings is 2. The van der Waals surface area contributed by atoms with Crippen LogP contribution in [-0.4, -0.2) is 5.97 Å². The van der Waals surface area contributed by atoms with Crippen molar-refractivity contribution < 1.29 is 13.9 Å². The van der Waals surface area contributed by atoms with E-state index in [9.17, 15) is 9.18 Å². The number of hydrogen-bond acceptors (Lipinski definition) is 4. The minimum absolute atomic E-state index is 0.310. The topological polar surface area (TPSA) is 26.3 Å². The summed E-state index contributed by atoms with van der Waals surface area (Å²) in [6.07, 6.45) is 5.51. The summed E-state index contributed by atoms with van der Waals surface area (Å²) in [6, 6.07) is 16.4. The first-order chi connectivity index (χ1) is 15.1. The first-order valence-electron chi connectivity index (χ1n) is 10.7. The standard InChI is InChI=1S/C26H25FO2S2/c1-3-5-6-9-18-15-23-24(30-18)16-25(31-23)26(28)29-22-11-8-7-10-20(22)19-13-12-17(4-2)14-21(19)27/h7-8,10-16H,3-6,9H2,1-2H3. The second-order valence-electron chi connectivity index (χ2n) is 7.56. The van der Waals surface area contributed by atoms with Gasteiger partial charge in [0.15, 0.2) is 0 Å². The lowest BCUT2D eigenvalue weighted by Crippen LogP contribution is -2.07. The zero-order valence-electron chi connectivity index (χ0n) is 17.7. The van der Waals surface area contributed by atoms with E-state index in [2.05, 4.69) is 13.0 Å². The van der Waals surface area contributed by atoms with E-state index in [1.807, 2.05) is 25.1 Å². The van der Waals surface area contributed by atoms with Crippen LogP contribution in [0.25, 0.3) is 20.5 Å². The summed E-state index contributed by atoms with van der Waals surface area (Å²) in [4.78, 5) is 14.8. The molecule has 0 aliphatic rings. The maximum atomic E-state index is 14.7. The van der Waals surface area contributed by atoms with Crippen molar-refractivity contribution in [3.05, 3.63) is 75.7 Å². The van der Waals surface area contributed by atoms with E-state index in [4.69, 9.17) is 4.74 Å². The van der Waals surface area contributed by atoms with Gasteiger partial charge in [0.1, 0.15) is 16.4 Å². The highest BCUT2D eigenvalue weighted by Gasteiger charge is 2.18. The van der Waals surface area contributed by atoms with E-state index in [-0.39, 0.29) is 5.82 Å². The van der Waals surface area contributed by atoms with Crippen molar-refractivity contribution in [3.8, 4) is 16.9 Å². The maximum Gasteiger partial charge on any atom is 0.353 e. The summed E-state index contributed by atoms with van der Waals surface area (Å²) in [7, 11) is 0. The molecule has 2 heterocycles. The number of fused-ring (bicyclic) bond motifs is 1. The molecular weight excluding hydrogens is 427 g/mol. The van der Waals surface area contributed by atoms with Crippen LogP contribution in [0, 0.1) is 5.82 Å². The molecule has 0 radical (unpaired) electrons. The Kier molecular flexibility index (Phi) is 6.83. The zero-order chi connectivity index (χ0) is 21.8. The summed E-state index contributed by atoms with van der Waals surface area (Å²) in [6.45, 7) is 4.20. The average Bonchev–Trinajstić information content (AvgIpc) is 3.33. The number of esters is 1. The Bertz CT molecular complexity index is 1170. The molecule has 4 aromatic rings. The van der Waals surface area contributed by atoms with Crippen LogP contribution >= 0.6 is 22.7 Å². The Hall–Kier alpha value is -2.50. The van der Waals surface area contributed by atoms with Gasteiger partial charge in [0.25, 0.3) is 0 Å². The van der Waals surface area contributed by atoms with Gasteiger partial charge in [-0.2, -0.15) is 0 Å². The third-order valence-electron chi connectivity index (χ3n) is 5.31. The van der Waals surface area contributed by atoms with Crippen molar-refractivity contribution in [1.82, 2.24) is 0 Å². The molecule has 0 atom stereocenters. The van der Waals surface area contributed by atoms with Crippen LogP contribution in [0.4, 0.5) is 4.39 Å². The fraction of sp³-hybridized carbons (Fsp3) is 0.269. The van der Waals surface area contributed by atoms with Crippen LogP contribution in [0.2, 0.25) is 0 Å². The molecule has 2 aromatic carbocycles. The summed E-state index contributed by atoms with van der Waals surface area (Å²) >= 11 is 3.21. The summed E-state index contributed by atoms with van der Waals surface area (Å²) in [5, 5.41) is 0. The van der Waals surface area contributed by atoms with Crippen molar-refractivity contribution in [3.63, 3.8) is 0 Å². The van der Waals surface area contributed by atoms with Crippen LogP contribution < -0.4 is 4.74 Å². The van der Waals surface area contributed by atoms with Crippen LogP contribution in [0.15, 0.2) is 54.6 Å².